The molecule has 1 amide bonds. The monoisotopic (exact) mass is 241 g/mol. The van der Waals surface area contributed by atoms with Gasteiger partial charge in [-0.05, 0) is 31.6 Å². The summed E-state index contributed by atoms with van der Waals surface area (Å²) < 4.78 is 0. The van der Waals surface area contributed by atoms with E-state index in [9.17, 15) is 9.90 Å². The smallest absolute Gasteiger partial charge is 0.235 e. The standard InChI is InChI=1S/C12H23N3O2/c13-12(17)11(15-7-5-14-6-8-15)9-1-3-10(16)4-2-9/h9-11,14,16H,1-8H2,(H2,13,17)/t9?,10?,11-/m0/s1. The van der Waals surface area contributed by atoms with Gasteiger partial charge in [-0.25, -0.2) is 0 Å². The normalized spacial score (nSPS) is 33.2. The highest BCUT2D eigenvalue weighted by atomic mass is 16.3. The van der Waals surface area contributed by atoms with Crippen LogP contribution in [0.3, 0.4) is 0 Å². The Morgan fingerprint density at radius 1 is 1.24 bits per heavy atom. The molecule has 0 aromatic heterocycles. The van der Waals surface area contributed by atoms with Gasteiger partial charge in [0.1, 0.15) is 0 Å². The number of rotatable bonds is 3. The largest absolute Gasteiger partial charge is 0.393 e. The van der Waals surface area contributed by atoms with Gasteiger partial charge in [0.25, 0.3) is 0 Å². The number of piperazine rings is 1. The summed E-state index contributed by atoms with van der Waals surface area (Å²) in [6.07, 6.45) is 3.26. The molecule has 2 fully saturated rings. The van der Waals surface area contributed by atoms with Crippen molar-refractivity contribution in [2.24, 2.45) is 11.7 Å². The maximum atomic E-state index is 11.7. The molecule has 1 heterocycles. The van der Waals surface area contributed by atoms with Gasteiger partial charge in [0.05, 0.1) is 12.1 Å². The van der Waals surface area contributed by atoms with E-state index in [4.69, 9.17) is 5.73 Å². The van der Waals surface area contributed by atoms with Crippen molar-refractivity contribution in [3.63, 3.8) is 0 Å². The molecule has 4 N–H and O–H groups in total. The number of hydrogen-bond acceptors (Lipinski definition) is 4. The van der Waals surface area contributed by atoms with Crippen molar-refractivity contribution in [2.75, 3.05) is 26.2 Å². The molecule has 2 rings (SSSR count). The molecule has 0 bridgehead atoms. The van der Waals surface area contributed by atoms with E-state index in [1.165, 1.54) is 0 Å². The predicted octanol–water partition coefficient (Wildman–Crippen LogP) is -0.703. The summed E-state index contributed by atoms with van der Waals surface area (Å²) in [4.78, 5) is 13.9. The summed E-state index contributed by atoms with van der Waals surface area (Å²) in [5.41, 5.74) is 5.57. The zero-order valence-corrected chi connectivity index (χ0v) is 10.3. The summed E-state index contributed by atoms with van der Waals surface area (Å²) in [5, 5.41) is 12.8. The van der Waals surface area contributed by atoms with Crippen molar-refractivity contribution in [3.05, 3.63) is 0 Å². The van der Waals surface area contributed by atoms with Crippen LogP contribution in [0.15, 0.2) is 0 Å². The van der Waals surface area contributed by atoms with Gasteiger partial charge in [-0.3, -0.25) is 9.69 Å². The van der Waals surface area contributed by atoms with Crippen LogP contribution in [0.1, 0.15) is 25.7 Å². The Balaban J connectivity index is 1.98. The van der Waals surface area contributed by atoms with Crippen molar-refractivity contribution < 1.29 is 9.90 Å². The Hall–Kier alpha value is -0.650. The van der Waals surface area contributed by atoms with E-state index in [0.29, 0.717) is 5.92 Å². The van der Waals surface area contributed by atoms with Crippen molar-refractivity contribution in [1.29, 1.82) is 0 Å². The highest BCUT2D eigenvalue weighted by Crippen LogP contribution is 2.29. The second-order valence-corrected chi connectivity index (χ2v) is 5.20. The van der Waals surface area contributed by atoms with Crippen LogP contribution in [-0.2, 0) is 4.79 Å². The molecular formula is C12H23N3O2. The molecule has 1 atom stereocenters. The fraction of sp³-hybridized carbons (Fsp3) is 0.917. The highest BCUT2D eigenvalue weighted by Gasteiger charge is 2.34. The fourth-order valence-corrected chi connectivity index (χ4v) is 3.09. The maximum Gasteiger partial charge on any atom is 0.235 e. The Bertz CT molecular complexity index is 258. The van der Waals surface area contributed by atoms with Crippen molar-refractivity contribution >= 4 is 5.91 Å². The minimum absolute atomic E-state index is 0.135. The van der Waals surface area contributed by atoms with Gasteiger partial charge < -0.3 is 16.2 Å². The van der Waals surface area contributed by atoms with Gasteiger partial charge in [-0.15, -0.1) is 0 Å². The summed E-state index contributed by atoms with van der Waals surface area (Å²) >= 11 is 0. The number of nitrogens with zero attached hydrogens (tertiary/aromatic N) is 1. The first-order valence-electron chi connectivity index (χ1n) is 6.60. The molecule has 1 aliphatic carbocycles. The average Bonchev–Trinajstić information content (AvgIpc) is 2.33. The van der Waals surface area contributed by atoms with E-state index < -0.39 is 0 Å². The summed E-state index contributed by atoms with van der Waals surface area (Å²) in [5.74, 6) is 0.127. The van der Waals surface area contributed by atoms with Crippen molar-refractivity contribution in [2.45, 2.75) is 37.8 Å². The van der Waals surface area contributed by atoms with E-state index in [1.54, 1.807) is 0 Å². The molecule has 0 unspecified atom stereocenters. The molecule has 0 aromatic rings. The van der Waals surface area contributed by atoms with Crippen LogP contribution in [0.25, 0.3) is 0 Å². The molecule has 0 aromatic carbocycles. The van der Waals surface area contributed by atoms with Crippen molar-refractivity contribution in [3.8, 4) is 0 Å². The Morgan fingerprint density at radius 3 is 2.35 bits per heavy atom. The molecule has 5 heteroatoms. The van der Waals surface area contributed by atoms with Crippen LogP contribution in [0.4, 0.5) is 0 Å². The second-order valence-electron chi connectivity index (χ2n) is 5.20. The average molecular weight is 241 g/mol. The van der Waals surface area contributed by atoms with Gasteiger partial charge in [0, 0.05) is 26.2 Å². The third-order valence-electron chi connectivity index (χ3n) is 4.02. The van der Waals surface area contributed by atoms with E-state index in [0.717, 1.165) is 51.9 Å². The number of aliphatic hydroxyl groups is 1. The molecule has 0 spiro atoms. The molecular weight excluding hydrogens is 218 g/mol. The molecule has 0 radical (unpaired) electrons. The van der Waals surface area contributed by atoms with E-state index in [1.807, 2.05) is 0 Å². The SMILES string of the molecule is NC(=O)[C@H](C1CCC(O)CC1)N1CCNCC1. The zero-order chi connectivity index (χ0) is 12.3. The minimum Gasteiger partial charge on any atom is -0.393 e. The van der Waals surface area contributed by atoms with Crippen LogP contribution in [0, 0.1) is 5.92 Å². The number of primary amides is 1. The second kappa shape index (κ2) is 5.80. The lowest BCUT2D eigenvalue weighted by Gasteiger charge is -2.39. The first-order chi connectivity index (χ1) is 8.18. The topological polar surface area (TPSA) is 78.6 Å². The lowest BCUT2D eigenvalue weighted by molar-refractivity contribution is -0.126. The van der Waals surface area contributed by atoms with Crippen LogP contribution < -0.4 is 11.1 Å². The molecule has 1 saturated heterocycles. The predicted molar refractivity (Wildman–Crippen MR) is 65.4 cm³/mol. The van der Waals surface area contributed by atoms with E-state index in [2.05, 4.69) is 10.2 Å². The summed E-state index contributed by atoms with van der Waals surface area (Å²) in [6.45, 7) is 3.65. The number of carbonyl (C=O) groups excluding carboxylic acids is 1. The number of aliphatic hydroxyl groups excluding tert-OH is 1. The molecule has 98 valence electrons. The molecule has 2 aliphatic rings. The summed E-state index contributed by atoms with van der Waals surface area (Å²) in [7, 11) is 0. The number of amides is 1. The third kappa shape index (κ3) is 3.18. The zero-order valence-electron chi connectivity index (χ0n) is 10.3. The van der Waals surface area contributed by atoms with Gasteiger partial charge >= 0.3 is 0 Å². The Labute approximate surface area is 102 Å². The fourth-order valence-electron chi connectivity index (χ4n) is 3.09. The maximum absolute atomic E-state index is 11.7. The first-order valence-corrected chi connectivity index (χ1v) is 6.60. The molecule has 5 nitrogen and oxygen atoms in total. The number of nitrogens with two attached hydrogens (primary N) is 1. The third-order valence-corrected chi connectivity index (χ3v) is 4.02. The van der Waals surface area contributed by atoms with Crippen LogP contribution in [-0.4, -0.2) is 54.2 Å². The molecule has 1 saturated carbocycles. The molecule has 1 aliphatic heterocycles. The molecule has 17 heavy (non-hydrogen) atoms. The van der Waals surface area contributed by atoms with Gasteiger partial charge in [0.15, 0.2) is 0 Å². The Kier molecular flexibility index (Phi) is 4.36. The number of hydrogen-bond donors (Lipinski definition) is 3. The van der Waals surface area contributed by atoms with E-state index in [-0.39, 0.29) is 18.1 Å². The Morgan fingerprint density at radius 2 is 1.82 bits per heavy atom. The quantitative estimate of drug-likeness (QED) is 0.610. The number of carbonyl (C=O) groups is 1. The lowest BCUT2D eigenvalue weighted by Crippen LogP contribution is -2.56. The van der Waals surface area contributed by atoms with Gasteiger partial charge in [-0.1, -0.05) is 0 Å². The van der Waals surface area contributed by atoms with E-state index >= 15 is 0 Å². The van der Waals surface area contributed by atoms with Crippen LogP contribution >= 0.6 is 0 Å². The van der Waals surface area contributed by atoms with Crippen LogP contribution in [0.2, 0.25) is 0 Å². The first kappa shape index (κ1) is 12.8. The number of nitrogens with one attached hydrogen (secondary N) is 1. The minimum atomic E-state index is -0.201. The van der Waals surface area contributed by atoms with Crippen LogP contribution in [0.5, 0.6) is 0 Å². The highest BCUT2D eigenvalue weighted by molar-refractivity contribution is 5.80. The van der Waals surface area contributed by atoms with Crippen molar-refractivity contribution in [1.82, 2.24) is 10.2 Å². The van der Waals surface area contributed by atoms with Gasteiger partial charge in [-0.2, -0.15) is 0 Å². The lowest BCUT2D eigenvalue weighted by atomic mass is 9.81. The summed E-state index contributed by atoms with van der Waals surface area (Å²) in [6, 6.07) is -0.135. The van der Waals surface area contributed by atoms with Gasteiger partial charge in [0.2, 0.25) is 5.91 Å².